The molecule has 3 nitrogen and oxygen atoms in total. The summed E-state index contributed by atoms with van der Waals surface area (Å²) >= 11 is 8.39. The predicted octanol–water partition coefficient (Wildman–Crippen LogP) is 2.72. The van der Waals surface area contributed by atoms with Crippen molar-refractivity contribution in [2.24, 2.45) is 11.7 Å². The van der Waals surface area contributed by atoms with Crippen LogP contribution in [0.4, 0.5) is 0 Å². The summed E-state index contributed by atoms with van der Waals surface area (Å²) < 4.78 is 0.994. The van der Waals surface area contributed by atoms with Crippen molar-refractivity contribution in [3.63, 3.8) is 0 Å². The molecule has 1 atom stereocenters. The molecular weight excluding hydrogens is 312 g/mol. The number of halogens is 1. The molecule has 0 heterocycles. The maximum atomic E-state index is 12.2. The van der Waals surface area contributed by atoms with Gasteiger partial charge in [-0.1, -0.05) is 53.3 Å². The zero-order valence-corrected chi connectivity index (χ0v) is 12.9. The predicted molar refractivity (Wildman–Crippen MR) is 81.2 cm³/mol. The smallest absolute Gasteiger partial charge is 0.232 e. The first-order valence-electron chi connectivity index (χ1n) is 5.75. The van der Waals surface area contributed by atoms with Crippen LogP contribution in [-0.2, 0) is 11.3 Å². The normalized spacial score (nSPS) is 11.9. The zero-order chi connectivity index (χ0) is 13.7. The van der Waals surface area contributed by atoms with Gasteiger partial charge >= 0.3 is 0 Å². The van der Waals surface area contributed by atoms with E-state index >= 15 is 0 Å². The lowest BCUT2D eigenvalue weighted by atomic mass is 10.0. The molecule has 0 aromatic heterocycles. The van der Waals surface area contributed by atoms with Gasteiger partial charge in [0.2, 0.25) is 5.91 Å². The number of rotatable bonds is 5. The summed E-state index contributed by atoms with van der Waals surface area (Å²) in [5.41, 5.74) is 6.65. The number of amides is 1. The molecule has 2 N–H and O–H groups in total. The van der Waals surface area contributed by atoms with E-state index in [2.05, 4.69) is 15.9 Å². The van der Waals surface area contributed by atoms with Crippen molar-refractivity contribution in [1.82, 2.24) is 4.90 Å². The summed E-state index contributed by atoms with van der Waals surface area (Å²) in [6.07, 6.45) is 0.633. The molecule has 0 bridgehead atoms. The fourth-order valence-corrected chi connectivity index (χ4v) is 2.40. The molecular formula is C13H17BrN2OS. The number of hydrogen-bond acceptors (Lipinski definition) is 2. The van der Waals surface area contributed by atoms with Crippen LogP contribution in [0.25, 0.3) is 0 Å². The average molecular weight is 329 g/mol. The molecule has 1 amide bonds. The third kappa shape index (κ3) is 3.78. The third-order valence-electron chi connectivity index (χ3n) is 2.79. The Morgan fingerprint density at radius 2 is 2.11 bits per heavy atom. The van der Waals surface area contributed by atoms with Crippen LogP contribution in [0.2, 0.25) is 0 Å². The van der Waals surface area contributed by atoms with Gasteiger partial charge in [-0.15, -0.1) is 0 Å². The number of hydrogen-bond donors (Lipinski definition) is 1. The van der Waals surface area contributed by atoms with Crippen LogP contribution >= 0.6 is 28.1 Å². The summed E-state index contributed by atoms with van der Waals surface area (Å²) in [7, 11) is 1.77. The van der Waals surface area contributed by atoms with Gasteiger partial charge in [0.1, 0.15) is 0 Å². The maximum absolute atomic E-state index is 12.2. The van der Waals surface area contributed by atoms with Crippen LogP contribution in [0.1, 0.15) is 18.9 Å². The van der Waals surface area contributed by atoms with Gasteiger partial charge in [0, 0.05) is 18.1 Å². The largest absolute Gasteiger partial charge is 0.393 e. The maximum Gasteiger partial charge on any atom is 0.232 e. The summed E-state index contributed by atoms with van der Waals surface area (Å²) in [6, 6.07) is 7.83. The second kappa shape index (κ2) is 6.85. The fourth-order valence-electron chi connectivity index (χ4n) is 1.72. The molecule has 5 heteroatoms. The molecule has 1 unspecified atom stereocenters. The molecule has 98 valence electrons. The van der Waals surface area contributed by atoms with Gasteiger partial charge in [0.25, 0.3) is 0 Å². The number of nitrogens with zero attached hydrogens (tertiary/aromatic N) is 1. The quantitative estimate of drug-likeness (QED) is 0.845. The molecule has 0 saturated carbocycles. The van der Waals surface area contributed by atoms with E-state index < -0.39 is 0 Å². The lowest BCUT2D eigenvalue weighted by Crippen LogP contribution is -2.38. The monoisotopic (exact) mass is 328 g/mol. The highest BCUT2D eigenvalue weighted by Gasteiger charge is 2.23. The molecule has 0 aliphatic heterocycles. The van der Waals surface area contributed by atoms with Gasteiger partial charge in [0.05, 0.1) is 10.9 Å². The molecule has 1 rings (SSSR count). The van der Waals surface area contributed by atoms with E-state index in [0.717, 1.165) is 10.0 Å². The number of carbonyl (C=O) groups excluding carboxylic acids is 1. The Kier molecular flexibility index (Phi) is 5.75. The molecule has 1 aromatic rings. The number of thiocarbonyl (C=S) groups is 1. The Morgan fingerprint density at radius 3 is 2.61 bits per heavy atom. The van der Waals surface area contributed by atoms with Crippen LogP contribution in [0, 0.1) is 5.92 Å². The summed E-state index contributed by atoms with van der Waals surface area (Å²) in [5, 5.41) is 0. The average Bonchev–Trinajstić information content (AvgIpc) is 2.32. The molecule has 0 spiro atoms. The first kappa shape index (κ1) is 15.1. The minimum absolute atomic E-state index is 0.0271. The van der Waals surface area contributed by atoms with Gasteiger partial charge in [-0.25, -0.2) is 0 Å². The molecule has 0 radical (unpaired) electrons. The zero-order valence-electron chi connectivity index (χ0n) is 10.5. The van der Waals surface area contributed by atoms with Crippen molar-refractivity contribution in [3.8, 4) is 0 Å². The highest BCUT2D eigenvalue weighted by atomic mass is 79.9. The van der Waals surface area contributed by atoms with E-state index in [9.17, 15) is 4.79 Å². The lowest BCUT2D eigenvalue weighted by molar-refractivity contribution is -0.132. The van der Waals surface area contributed by atoms with E-state index in [-0.39, 0.29) is 16.8 Å². The minimum atomic E-state index is -0.368. The van der Waals surface area contributed by atoms with E-state index in [1.807, 2.05) is 31.2 Å². The van der Waals surface area contributed by atoms with Crippen molar-refractivity contribution in [2.75, 3.05) is 7.05 Å². The van der Waals surface area contributed by atoms with Gasteiger partial charge < -0.3 is 10.6 Å². The Hall–Kier alpha value is -0.940. The van der Waals surface area contributed by atoms with Crippen molar-refractivity contribution in [2.45, 2.75) is 19.9 Å². The van der Waals surface area contributed by atoms with Gasteiger partial charge in [-0.2, -0.15) is 0 Å². The van der Waals surface area contributed by atoms with E-state index in [4.69, 9.17) is 18.0 Å². The molecule has 0 aliphatic carbocycles. The third-order valence-corrected chi connectivity index (χ3v) is 3.85. The van der Waals surface area contributed by atoms with Crippen molar-refractivity contribution in [1.29, 1.82) is 0 Å². The van der Waals surface area contributed by atoms with Crippen LogP contribution in [0.15, 0.2) is 28.7 Å². The standard InChI is InChI=1S/C13H17BrN2OS/c1-3-10(12(15)18)13(17)16(2)8-9-6-4-5-7-11(9)14/h4-7,10H,3,8H2,1-2H3,(H2,15,18). The lowest BCUT2D eigenvalue weighted by Gasteiger charge is -2.22. The van der Waals surface area contributed by atoms with E-state index in [0.29, 0.717) is 13.0 Å². The number of carbonyl (C=O) groups is 1. The molecule has 1 aromatic carbocycles. The van der Waals surface area contributed by atoms with E-state index in [1.54, 1.807) is 11.9 Å². The highest BCUT2D eigenvalue weighted by molar-refractivity contribution is 9.10. The Bertz CT molecular complexity index is 450. The summed E-state index contributed by atoms with van der Waals surface area (Å²) in [5.74, 6) is -0.395. The van der Waals surface area contributed by atoms with Crippen LogP contribution < -0.4 is 5.73 Å². The van der Waals surface area contributed by atoms with Gasteiger partial charge in [-0.3, -0.25) is 4.79 Å². The van der Waals surface area contributed by atoms with Crippen molar-refractivity contribution < 1.29 is 4.79 Å². The highest BCUT2D eigenvalue weighted by Crippen LogP contribution is 2.18. The SMILES string of the molecule is CCC(C(=O)N(C)Cc1ccccc1Br)C(N)=S. The molecule has 0 fully saturated rings. The minimum Gasteiger partial charge on any atom is -0.393 e. The van der Waals surface area contributed by atoms with Crippen LogP contribution in [0.3, 0.4) is 0 Å². The number of nitrogens with two attached hydrogens (primary N) is 1. The molecule has 18 heavy (non-hydrogen) atoms. The molecule has 0 aliphatic rings. The Balaban J connectivity index is 2.77. The van der Waals surface area contributed by atoms with Gasteiger partial charge in [-0.05, 0) is 18.1 Å². The molecule has 0 saturated heterocycles. The fraction of sp³-hybridized carbons (Fsp3) is 0.385. The summed E-state index contributed by atoms with van der Waals surface area (Å²) in [6.45, 7) is 2.45. The Labute approximate surface area is 121 Å². The van der Waals surface area contributed by atoms with E-state index in [1.165, 1.54) is 0 Å². The Morgan fingerprint density at radius 1 is 1.50 bits per heavy atom. The van der Waals surface area contributed by atoms with Crippen molar-refractivity contribution >= 4 is 39.0 Å². The number of benzene rings is 1. The topological polar surface area (TPSA) is 46.3 Å². The van der Waals surface area contributed by atoms with Crippen LogP contribution in [-0.4, -0.2) is 22.8 Å². The summed E-state index contributed by atoms with van der Waals surface area (Å²) in [4.78, 5) is 14.1. The van der Waals surface area contributed by atoms with Crippen molar-refractivity contribution in [3.05, 3.63) is 34.3 Å². The van der Waals surface area contributed by atoms with Gasteiger partial charge in [0.15, 0.2) is 0 Å². The second-order valence-corrected chi connectivity index (χ2v) is 5.47. The first-order chi connectivity index (χ1) is 8.47. The van der Waals surface area contributed by atoms with Crippen LogP contribution in [0.5, 0.6) is 0 Å². The second-order valence-electron chi connectivity index (χ2n) is 4.15. The first-order valence-corrected chi connectivity index (χ1v) is 6.95.